The number of aromatic nitrogens is 1. The summed E-state index contributed by atoms with van der Waals surface area (Å²) >= 11 is 0. The standard InChI is InChI=1S/C36H21BN2O2/c1-2-12-27-23(9-1)24-10-7-11-26-36(24)39(27)30-15-8-18-33-35(30)37(26)25-20-19-22(21-34(25)41-33)38-28-13-3-5-16-31(28)40-32-17-6-4-14-29(32)38/h1-21H. The molecule has 10 rings (SSSR count). The minimum Gasteiger partial charge on any atom is -0.458 e. The second kappa shape index (κ2) is 7.61. The van der Waals surface area contributed by atoms with E-state index in [-0.39, 0.29) is 6.71 Å². The summed E-state index contributed by atoms with van der Waals surface area (Å²) in [6.45, 7) is 0.0868. The lowest BCUT2D eigenvalue weighted by Crippen LogP contribution is -2.58. The molecule has 0 spiro atoms. The van der Waals surface area contributed by atoms with E-state index in [9.17, 15) is 0 Å². The van der Waals surface area contributed by atoms with Crippen molar-refractivity contribution < 1.29 is 9.47 Å². The Kier molecular flexibility index (Phi) is 3.98. The van der Waals surface area contributed by atoms with Crippen molar-refractivity contribution in [1.29, 1.82) is 0 Å². The number of anilines is 3. The van der Waals surface area contributed by atoms with Gasteiger partial charge < -0.3 is 18.9 Å². The summed E-state index contributed by atoms with van der Waals surface area (Å²) < 4.78 is 15.4. The molecule has 4 nitrogen and oxygen atoms in total. The maximum absolute atomic E-state index is 6.76. The van der Waals surface area contributed by atoms with Gasteiger partial charge in [-0.15, -0.1) is 0 Å². The molecule has 0 atom stereocenters. The van der Waals surface area contributed by atoms with E-state index in [4.69, 9.17) is 9.47 Å². The molecule has 5 heteroatoms. The van der Waals surface area contributed by atoms with Crippen molar-refractivity contribution in [2.24, 2.45) is 0 Å². The fourth-order valence-corrected chi connectivity index (χ4v) is 7.20. The molecule has 0 amide bonds. The molecule has 190 valence electrons. The Hall–Kier alpha value is -5.42. The lowest BCUT2D eigenvalue weighted by molar-refractivity contribution is 0.476. The first-order valence-corrected chi connectivity index (χ1v) is 14.0. The molecular formula is C36H21BN2O2. The molecule has 0 saturated heterocycles. The molecule has 3 aliphatic rings. The maximum atomic E-state index is 6.76. The summed E-state index contributed by atoms with van der Waals surface area (Å²) in [5, 5.41) is 2.57. The molecule has 1 aromatic heterocycles. The zero-order chi connectivity index (χ0) is 26.7. The lowest BCUT2D eigenvalue weighted by Gasteiger charge is -2.35. The SMILES string of the molecule is c1ccc2c(c1)Oc1ccccc1N2c1ccc2c(c1)Oc1cccc3c1B2c1cccc2c4ccccc4n-3c12. The Morgan fingerprint density at radius 3 is 2.00 bits per heavy atom. The van der Waals surface area contributed by atoms with E-state index < -0.39 is 0 Å². The molecule has 41 heavy (non-hydrogen) atoms. The Bertz CT molecular complexity index is 2210. The number of ether oxygens (including phenoxy) is 2. The van der Waals surface area contributed by atoms with Crippen molar-refractivity contribution >= 4 is 62.0 Å². The third-order valence-electron chi connectivity index (χ3n) is 8.83. The van der Waals surface area contributed by atoms with Crippen LogP contribution in [0.4, 0.5) is 17.1 Å². The second-order valence-electron chi connectivity index (χ2n) is 10.9. The number of hydrogen-bond acceptors (Lipinski definition) is 3. The highest BCUT2D eigenvalue weighted by Gasteiger charge is 2.40. The lowest BCUT2D eigenvalue weighted by atomic mass is 9.34. The average Bonchev–Trinajstić information content (AvgIpc) is 3.37. The van der Waals surface area contributed by atoms with Gasteiger partial charge in [-0.25, -0.2) is 0 Å². The quantitative estimate of drug-likeness (QED) is 0.211. The van der Waals surface area contributed by atoms with Crippen LogP contribution in [0.3, 0.4) is 0 Å². The van der Waals surface area contributed by atoms with Gasteiger partial charge in [0.15, 0.2) is 11.5 Å². The number of rotatable bonds is 1. The van der Waals surface area contributed by atoms with Crippen LogP contribution >= 0.6 is 0 Å². The third kappa shape index (κ3) is 2.70. The Morgan fingerprint density at radius 1 is 0.488 bits per heavy atom. The van der Waals surface area contributed by atoms with Crippen LogP contribution in [0.5, 0.6) is 23.0 Å². The van der Waals surface area contributed by atoms with Crippen LogP contribution in [0.25, 0.3) is 27.5 Å². The molecule has 7 aromatic rings. The highest BCUT2D eigenvalue weighted by molar-refractivity contribution is 6.99. The van der Waals surface area contributed by atoms with Crippen LogP contribution in [-0.4, -0.2) is 11.3 Å². The first-order chi connectivity index (χ1) is 20.3. The summed E-state index contributed by atoms with van der Waals surface area (Å²) in [4.78, 5) is 2.27. The maximum Gasteiger partial charge on any atom is 0.256 e. The highest BCUT2D eigenvalue weighted by atomic mass is 16.5. The molecule has 0 aliphatic carbocycles. The van der Waals surface area contributed by atoms with E-state index in [1.165, 1.54) is 43.9 Å². The van der Waals surface area contributed by atoms with Crippen molar-refractivity contribution in [2.75, 3.05) is 4.90 Å². The van der Waals surface area contributed by atoms with Crippen LogP contribution in [0.1, 0.15) is 0 Å². The second-order valence-corrected chi connectivity index (χ2v) is 10.9. The molecule has 4 heterocycles. The van der Waals surface area contributed by atoms with Gasteiger partial charge >= 0.3 is 0 Å². The summed E-state index contributed by atoms with van der Waals surface area (Å²) in [7, 11) is 0. The fourth-order valence-electron chi connectivity index (χ4n) is 7.20. The zero-order valence-corrected chi connectivity index (χ0v) is 21.9. The largest absolute Gasteiger partial charge is 0.458 e. The summed E-state index contributed by atoms with van der Waals surface area (Å²) in [6.07, 6.45) is 0. The van der Waals surface area contributed by atoms with E-state index in [0.717, 1.165) is 40.1 Å². The third-order valence-corrected chi connectivity index (χ3v) is 8.83. The van der Waals surface area contributed by atoms with Crippen molar-refractivity contribution in [1.82, 2.24) is 4.57 Å². The monoisotopic (exact) mass is 524 g/mol. The number of fused-ring (bicyclic) bond motifs is 9. The predicted octanol–water partition coefficient (Wildman–Crippen LogP) is 7.29. The Balaban J connectivity index is 1.22. The van der Waals surface area contributed by atoms with Crippen LogP contribution in [0.2, 0.25) is 0 Å². The molecule has 6 aromatic carbocycles. The van der Waals surface area contributed by atoms with Gasteiger partial charge in [-0.3, -0.25) is 0 Å². The van der Waals surface area contributed by atoms with E-state index >= 15 is 0 Å². The van der Waals surface area contributed by atoms with E-state index in [1.807, 2.05) is 24.3 Å². The van der Waals surface area contributed by atoms with Gasteiger partial charge in [-0.2, -0.15) is 0 Å². The Morgan fingerprint density at radius 2 is 1.15 bits per heavy atom. The van der Waals surface area contributed by atoms with Crippen molar-refractivity contribution in [3.63, 3.8) is 0 Å². The highest BCUT2D eigenvalue weighted by Crippen LogP contribution is 2.50. The van der Waals surface area contributed by atoms with E-state index in [1.54, 1.807) is 0 Å². The molecule has 3 aliphatic heterocycles. The van der Waals surface area contributed by atoms with Crippen molar-refractivity contribution in [3.05, 3.63) is 127 Å². The van der Waals surface area contributed by atoms with Gasteiger partial charge in [-0.1, -0.05) is 72.8 Å². The molecule has 0 bridgehead atoms. The molecule has 0 unspecified atom stereocenters. The van der Waals surface area contributed by atoms with Gasteiger partial charge in [0.05, 0.1) is 22.6 Å². The van der Waals surface area contributed by atoms with E-state index in [2.05, 4.69) is 113 Å². The van der Waals surface area contributed by atoms with Crippen LogP contribution in [0, 0.1) is 0 Å². The Labute approximate surface area is 236 Å². The van der Waals surface area contributed by atoms with E-state index in [0.29, 0.717) is 0 Å². The zero-order valence-electron chi connectivity index (χ0n) is 21.9. The van der Waals surface area contributed by atoms with Crippen LogP contribution in [-0.2, 0) is 0 Å². The van der Waals surface area contributed by atoms with Gasteiger partial charge in [0.2, 0.25) is 0 Å². The molecule has 0 fully saturated rings. The van der Waals surface area contributed by atoms with Crippen LogP contribution < -0.4 is 30.8 Å². The average molecular weight is 524 g/mol. The van der Waals surface area contributed by atoms with Crippen LogP contribution in [0.15, 0.2) is 127 Å². The smallest absolute Gasteiger partial charge is 0.256 e. The number of benzene rings is 6. The minimum atomic E-state index is 0.0868. The first-order valence-electron chi connectivity index (χ1n) is 14.0. The first kappa shape index (κ1) is 21.4. The van der Waals surface area contributed by atoms with Gasteiger partial charge in [0, 0.05) is 28.0 Å². The number of para-hydroxylation sites is 6. The van der Waals surface area contributed by atoms with Crippen molar-refractivity contribution in [2.45, 2.75) is 0 Å². The molecule has 0 N–H and O–H groups in total. The normalized spacial score (nSPS) is 13.7. The topological polar surface area (TPSA) is 26.6 Å². The number of hydrogen-bond donors (Lipinski definition) is 0. The van der Waals surface area contributed by atoms with Gasteiger partial charge in [0.25, 0.3) is 6.71 Å². The summed E-state index contributed by atoms with van der Waals surface area (Å²) in [5.41, 5.74) is 10.5. The minimum absolute atomic E-state index is 0.0868. The predicted molar refractivity (Wildman–Crippen MR) is 167 cm³/mol. The van der Waals surface area contributed by atoms with Gasteiger partial charge in [-0.05, 0) is 64.9 Å². The summed E-state index contributed by atoms with van der Waals surface area (Å²) in [5.74, 6) is 3.48. The fraction of sp³-hybridized carbons (Fsp3) is 0. The van der Waals surface area contributed by atoms with Crippen molar-refractivity contribution in [3.8, 4) is 28.7 Å². The summed E-state index contributed by atoms with van der Waals surface area (Å²) in [6, 6.07) is 45.0. The molecule has 0 radical (unpaired) electrons. The molecule has 0 saturated carbocycles. The molecular weight excluding hydrogens is 503 g/mol. The van der Waals surface area contributed by atoms with Gasteiger partial charge in [0.1, 0.15) is 11.5 Å². The number of nitrogens with zero attached hydrogens (tertiary/aromatic N) is 2.